The number of hydrogen-bond donors (Lipinski definition) is 1. The lowest BCUT2D eigenvalue weighted by Gasteiger charge is -2.14. The third kappa shape index (κ3) is 1.41. The van der Waals surface area contributed by atoms with Crippen LogP contribution in [0.5, 0.6) is 0 Å². The number of H-pyrrole nitrogens is 1. The number of aryl methyl sites for hydroxylation is 2. The second-order valence-corrected chi connectivity index (χ2v) is 3.81. The van der Waals surface area contributed by atoms with E-state index in [1.54, 1.807) is 0 Å². The smallest absolute Gasteiger partial charge is 0.257 e. The van der Waals surface area contributed by atoms with Crippen LogP contribution < -0.4 is 0 Å². The summed E-state index contributed by atoms with van der Waals surface area (Å²) in [5, 5.41) is 6.88. The van der Waals surface area contributed by atoms with Crippen molar-refractivity contribution in [3.63, 3.8) is 0 Å². The molecule has 1 aromatic rings. The molecule has 1 fully saturated rings. The molecule has 1 aliphatic heterocycles. The molecule has 1 amide bonds. The van der Waals surface area contributed by atoms with E-state index in [2.05, 4.69) is 10.2 Å². The summed E-state index contributed by atoms with van der Waals surface area (Å²) in [6, 6.07) is 0. The number of amides is 1. The summed E-state index contributed by atoms with van der Waals surface area (Å²) in [6.45, 7) is 5.54. The van der Waals surface area contributed by atoms with Crippen molar-refractivity contribution in [1.29, 1.82) is 0 Å². The Kier molecular flexibility index (Phi) is 2.27. The Morgan fingerprint density at radius 1 is 1.36 bits per heavy atom. The minimum atomic E-state index is 0.131. The first-order chi connectivity index (χ1) is 6.70. The summed E-state index contributed by atoms with van der Waals surface area (Å²) in [6.07, 6.45) is 2.25. The predicted octanol–water partition coefficient (Wildman–Crippen LogP) is 1.26. The number of nitrogens with one attached hydrogen (secondary N) is 1. The van der Waals surface area contributed by atoms with E-state index in [0.717, 1.165) is 42.9 Å². The lowest BCUT2D eigenvalue weighted by molar-refractivity contribution is 0.0791. The Morgan fingerprint density at radius 2 is 2.00 bits per heavy atom. The van der Waals surface area contributed by atoms with Gasteiger partial charge < -0.3 is 4.90 Å². The van der Waals surface area contributed by atoms with Crippen LogP contribution in [0.2, 0.25) is 0 Å². The maximum Gasteiger partial charge on any atom is 0.257 e. The fraction of sp³-hybridized carbons (Fsp3) is 0.600. The van der Waals surface area contributed by atoms with Crippen LogP contribution in [0.1, 0.15) is 34.6 Å². The van der Waals surface area contributed by atoms with E-state index < -0.39 is 0 Å². The Morgan fingerprint density at radius 3 is 2.50 bits per heavy atom. The van der Waals surface area contributed by atoms with Crippen molar-refractivity contribution in [2.75, 3.05) is 13.1 Å². The zero-order valence-corrected chi connectivity index (χ0v) is 8.63. The van der Waals surface area contributed by atoms with Crippen LogP contribution in [0, 0.1) is 13.8 Å². The first-order valence-electron chi connectivity index (χ1n) is 5.01. The lowest BCUT2D eigenvalue weighted by Crippen LogP contribution is -2.28. The molecule has 1 aromatic heterocycles. The molecule has 1 aliphatic rings. The van der Waals surface area contributed by atoms with E-state index >= 15 is 0 Å². The van der Waals surface area contributed by atoms with Crippen molar-refractivity contribution < 1.29 is 4.79 Å². The molecule has 0 bridgehead atoms. The molecule has 14 heavy (non-hydrogen) atoms. The van der Waals surface area contributed by atoms with Crippen molar-refractivity contribution in [1.82, 2.24) is 15.1 Å². The minimum absolute atomic E-state index is 0.131. The molecule has 0 aliphatic carbocycles. The highest BCUT2D eigenvalue weighted by atomic mass is 16.2. The highest BCUT2D eigenvalue weighted by molar-refractivity contribution is 5.96. The van der Waals surface area contributed by atoms with E-state index in [1.807, 2.05) is 18.7 Å². The molecule has 1 N–H and O–H groups in total. The number of nitrogens with zero attached hydrogens (tertiary/aromatic N) is 2. The molecule has 4 nitrogen and oxygen atoms in total. The normalized spacial score (nSPS) is 16.3. The number of likely N-dealkylation sites (tertiary alicyclic amines) is 1. The summed E-state index contributed by atoms with van der Waals surface area (Å²) in [5.41, 5.74) is 2.44. The van der Waals surface area contributed by atoms with Crippen LogP contribution in [0.4, 0.5) is 0 Å². The van der Waals surface area contributed by atoms with Crippen molar-refractivity contribution in [2.24, 2.45) is 0 Å². The summed E-state index contributed by atoms with van der Waals surface area (Å²) in [5.74, 6) is 0.131. The topological polar surface area (TPSA) is 49.0 Å². The molecule has 4 heteroatoms. The number of hydrogen-bond acceptors (Lipinski definition) is 2. The summed E-state index contributed by atoms with van der Waals surface area (Å²) < 4.78 is 0. The number of carbonyl (C=O) groups excluding carboxylic acids is 1. The van der Waals surface area contributed by atoms with Gasteiger partial charge in [0.1, 0.15) is 0 Å². The Balaban J connectivity index is 2.25. The first kappa shape index (κ1) is 9.24. The van der Waals surface area contributed by atoms with Crippen molar-refractivity contribution in [3.8, 4) is 0 Å². The van der Waals surface area contributed by atoms with Gasteiger partial charge in [-0.25, -0.2) is 0 Å². The first-order valence-corrected chi connectivity index (χ1v) is 5.01. The lowest BCUT2D eigenvalue weighted by atomic mass is 10.2. The van der Waals surface area contributed by atoms with Crippen LogP contribution in [0.3, 0.4) is 0 Å². The van der Waals surface area contributed by atoms with Crippen LogP contribution >= 0.6 is 0 Å². The van der Waals surface area contributed by atoms with E-state index in [0.29, 0.717) is 0 Å². The molecule has 0 atom stereocenters. The van der Waals surface area contributed by atoms with E-state index in [1.165, 1.54) is 0 Å². The second kappa shape index (κ2) is 3.44. The van der Waals surface area contributed by atoms with Crippen molar-refractivity contribution >= 4 is 5.91 Å². The highest BCUT2D eigenvalue weighted by Gasteiger charge is 2.23. The van der Waals surface area contributed by atoms with E-state index in [-0.39, 0.29) is 5.91 Å². The van der Waals surface area contributed by atoms with Gasteiger partial charge in [0.05, 0.1) is 11.3 Å². The van der Waals surface area contributed by atoms with Crippen molar-refractivity contribution in [3.05, 3.63) is 17.0 Å². The molecule has 0 saturated carbocycles. The molecular formula is C10H15N3O. The Bertz CT molecular complexity index is 331. The predicted molar refractivity (Wildman–Crippen MR) is 53.2 cm³/mol. The van der Waals surface area contributed by atoms with Gasteiger partial charge in [0, 0.05) is 18.8 Å². The monoisotopic (exact) mass is 193 g/mol. The Labute approximate surface area is 83.3 Å². The van der Waals surface area contributed by atoms with Gasteiger partial charge in [0.2, 0.25) is 0 Å². The maximum absolute atomic E-state index is 12.0. The van der Waals surface area contributed by atoms with Gasteiger partial charge in [-0.15, -0.1) is 0 Å². The number of aromatic nitrogens is 2. The number of rotatable bonds is 1. The van der Waals surface area contributed by atoms with Crippen LogP contribution in [0.15, 0.2) is 0 Å². The van der Waals surface area contributed by atoms with Gasteiger partial charge in [-0.3, -0.25) is 9.89 Å². The average molecular weight is 193 g/mol. The molecule has 1 saturated heterocycles. The van der Waals surface area contributed by atoms with Gasteiger partial charge in [0.15, 0.2) is 0 Å². The van der Waals surface area contributed by atoms with Gasteiger partial charge in [-0.1, -0.05) is 0 Å². The SMILES string of the molecule is Cc1n[nH]c(C)c1C(=O)N1CCCC1. The fourth-order valence-electron chi connectivity index (χ4n) is 1.94. The largest absolute Gasteiger partial charge is 0.339 e. The van der Waals surface area contributed by atoms with Gasteiger partial charge >= 0.3 is 0 Å². The molecule has 0 aromatic carbocycles. The molecule has 2 rings (SSSR count). The van der Waals surface area contributed by atoms with E-state index in [9.17, 15) is 4.79 Å². The standard InChI is InChI=1S/C10H15N3O/c1-7-9(8(2)12-11-7)10(14)13-5-3-4-6-13/h3-6H2,1-2H3,(H,11,12). The average Bonchev–Trinajstić information content (AvgIpc) is 2.75. The number of carbonyl (C=O) groups is 1. The summed E-state index contributed by atoms with van der Waals surface area (Å²) in [7, 11) is 0. The van der Waals surface area contributed by atoms with Crippen LogP contribution in [-0.4, -0.2) is 34.1 Å². The second-order valence-electron chi connectivity index (χ2n) is 3.81. The maximum atomic E-state index is 12.0. The van der Waals surface area contributed by atoms with Gasteiger partial charge in [0.25, 0.3) is 5.91 Å². The van der Waals surface area contributed by atoms with Crippen LogP contribution in [0.25, 0.3) is 0 Å². The van der Waals surface area contributed by atoms with E-state index in [4.69, 9.17) is 0 Å². The zero-order chi connectivity index (χ0) is 10.1. The number of aromatic amines is 1. The molecule has 0 unspecified atom stereocenters. The molecule has 0 spiro atoms. The zero-order valence-electron chi connectivity index (χ0n) is 8.63. The molecule has 76 valence electrons. The third-order valence-electron chi connectivity index (χ3n) is 2.74. The summed E-state index contributed by atoms with van der Waals surface area (Å²) >= 11 is 0. The van der Waals surface area contributed by atoms with Gasteiger partial charge in [-0.05, 0) is 26.7 Å². The quantitative estimate of drug-likeness (QED) is 0.730. The van der Waals surface area contributed by atoms with Crippen LogP contribution in [-0.2, 0) is 0 Å². The minimum Gasteiger partial charge on any atom is -0.339 e. The third-order valence-corrected chi connectivity index (χ3v) is 2.74. The fourth-order valence-corrected chi connectivity index (χ4v) is 1.94. The van der Waals surface area contributed by atoms with Gasteiger partial charge in [-0.2, -0.15) is 5.10 Å². The van der Waals surface area contributed by atoms with Crippen molar-refractivity contribution in [2.45, 2.75) is 26.7 Å². The summed E-state index contributed by atoms with van der Waals surface area (Å²) in [4.78, 5) is 13.9. The molecular weight excluding hydrogens is 178 g/mol. The molecule has 0 radical (unpaired) electrons. The molecule has 2 heterocycles. The Hall–Kier alpha value is -1.32. The highest BCUT2D eigenvalue weighted by Crippen LogP contribution is 2.16.